The van der Waals surface area contributed by atoms with Crippen LogP contribution in [0.3, 0.4) is 0 Å². The lowest BCUT2D eigenvalue weighted by atomic mass is 9.45. The fourth-order valence-electron chi connectivity index (χ4n) is 9.12. The van der Waals surface area contributed by atoms with E-state index in [0.29, 0.717) is 25.0 Å². The summed E-state index contributed by atoms with van der Waals surface area (Å²) in [6, 6.07) is 6.36. The zero-order chi connectivity index (χ0) is 29.9. The van der Waals surface area contributed by atoms with E-state index in [4.69, 9.17) is 4.74 Å². The smallest absolute Gasteiger partial charge is 0.306 e. The standard InChI is InChI=1S/C33H41FN2O5S/c1-4-28(39)41-33(30(40)42-15-5-14-37)13-12-25-24-11-6-21-16-26-20(19-35-36(26)23-9-7-22(34)8-10-23)17-31(21,2)29(24)27(38)18-32(25,33)3/h7-10,16,19,24-25,27,29,37-38H,4-6,11-15,17-18H2,1-3H3/t24-,25-,27-,29+,31?,32-,33-/m0/s1. The second-order valence-electron chi connectivity index (χ2n) is 13.1. The predicted molar refractivity (Wildman–Crippen MR) is 159 cm³/mol. The van der Waals surface area contributed by atoms with Crippen LogP contribution in [0.15, 0.2) is 36.0 Å². The molecule has 1 aromatic carbocycles. The Hall–Kier alpha value is -2.49. The monoisotopic (exact) mass is 596 g/mol. The number of hydrogen-bond donors (Lipinski definition) is 2. The van der Waals surface area contributed by atoms with Gasteiger partial charge in [-0.25, -0.2) is 9.07 Å². The number of carbonyl (C=O) groups excluding carboxylic acids is 2. The number of esters is 1. The van der Waals surface area contributed by atoms with Gasteiger partial charge in [-0.1, -0.05) is 38.1 Å². The maximum atomic E-state index is 13.9. The SMILES string of the molecule is CCC(=O)O[C@]1(C(=O)SCCCO)CC[C@H]2[C@@H]3CCC4=Cc5c(cnn5-c5ccc(F)cc5)CC4(C)[C@H]3[C@@H](O)C[C@@]21C. The number of aliphatic hydroxyl groups excluding tert-OH is 2. The number of hydrogen-bond acceptors (Lipinski definition) is 7. The molecule has 7 nitrogen and oxygen atoms in total. The molecule has 2 aromatic rings. The number of allylic oxidation sites excluding steroid dienone is 1. The number of halogens is 1. The molecule has 0 aliphatic heterocycles. The Kier molecular flexibility index (Phi) is 7.67. The van der Waals surface area contributed by atoms with E-state index in [1.165, 1.54) is 17.7 Å². The first-order chi connectivity index (χ1) is 20.1. The van der Waals surface area contributed by atoms with Crippen LogP contribution in [0.1, 0.15) is 77.0 Å². The van der Waals surface area contributed by atoms with Gasteiger partial charge in [0.2, 0.25) is 5.12 Å². The molecule has 4 aliphatic carbocycles. The third-order valence-corrected chi connectivity index (χ3v) is 12.1. The van der Waals surface area contributed by atoms with E-state index in [1.807, 2.05) is 10.9 Å². The van der Waals surface area contributed by atoms with Gasteiger partial charge in [0.05, 0.1) is 23.7 Å². The molecule has 0 bridgehead atoms. The number of carbonyl (C=O) groups is 2. The molecule has 1 aromatic heterocycles. The highest BCUT2D eigenvalue weighted by atomic mass is 32.2. The number of thioether (sulfide) groups is 1. The predicted octanol–water partition coefficient (Wildman–Crippen LogP) is 5.50. The topological polar surface area (TPSA) is 102 Å². The Morgan fingerprint density at radius 1 is 1.21 bits per heavy atom. The number of benzene rings is 1. The number of ether oxygens (including phenoxy) is 1. The number of rotatable bonds is 7. The van der Waals surface area contributed by atoms with Gasteiger partial charge in [-0.2, -0.15) is 5.10 Å². The highest BCUT2D eigenvalue weighted by molar-refractivity contribution is 8.13. The Balaban J connectivity index is 1.33. The molecule has 42 heavy (non-hydrogen) atoms. The Labute approximate surface area is 250 Å². The summed E-state index contributed by atoms with van der Waals surface area (Å²) in [5.74, 6) is 0.131. The third-order valence-electron chi connectivity index (χ3n) is 11.1. The number of aliphatic hydroxyl groups is 2. The summed E-state index contributed by atoms with van der Waals surface area (Å²) in [6.07, 6.45) is 8.31. The van der Waals surface area contributed by atoms with Crippen LogP contribution in [-0.4, -0.2) is 55.1 Å². The molecule has 6 rings (SSSR count). The van der Waals surface area contributed by atoms with Gasteiger partial charge in [-0.3, -0.25) is 9.59 Å². The molecule has 3 fully saturated rings. The van der Waals surface area contributed by atoms with E-state index in [0.717, 1.165) is 54.4 Å². The summed E-state index contributed by atoms with van der Waals surface area (Å²) in [7, 11) is 0. The minimum absolute atomic E-state index is 0.00331. The van der Waals surface area contributed by atoms with Crippen molar-refractivity contribution < 1.29 is 28.9 Å². The van der Waals surface area contributed by atoms with Crippen molar-refractivity contribution in [2.75, 3.05) is 12.4 Å². The summed E-state index contributed by atoms with van der Waals surface area (Å²) >= 11 is 1.15. The lowest BCUT2D eigenvalue weighted by Gasteiger charge is -2.60. The van der Waals surface area contributed by atoms with Crippen molar-refractivity contribution in [3.63, 3.8) is 0 Å². The zero-order valence-electron chi connectivity index (χ0n) is 24.6. The average Bonchev–Trinajstić information content (AvgIpc) is 3.49. The second kappa shape index (κ2) is 10.9. The molecular weight excluding hydrogens is 555 g/mol. The van der Waals surface area contributed by atoms with E-state index in [1.54, 1.807) is 19.1 Å². The van der Waals surface area contributed by atoms with E-state index < -0.39 is 17.1 Å². The minimum Gasteiger partial charge on any atom is -0.449 e. The summed E-state index contributed by atoms with van der Waals surface area (Å²) in [6.45, 7) is 6.08. The maximum absolute atomic E-state index is 13.9. The highest BCUT2D eigenvalue weighted by Gasteiger charge is 2.70. The van der Waals surface area contributed by atoms with Crippen molar-refractivity contribution in [3.05, 3.63) is 53.1 Å². The lowest BCUT2D eigenvalue weighted by molar-refractivity contribution is -0.196. The van der Waals surface area contributed by atoms with Crippen LogP contribution in [0.4, 0.5) is 4.39 Å². The highest BCUT2D eigenvalue weighted by Crippen LogP contribution is 2.69. The molecule has 0 radical (unpaired) electrons. The molecule has 0 amide bonds. The molecule has 226 valence electrons. The van der Waals surface area contributed by atoms with Crippen LogP contribution in [-0.2, 0) is 20.7 Å². The molecule has 2 N–H and O–H groups in total. The van der Waals surface area contributed by atoms with E-state index in [2.05, 4.69) is 25.0 Å². The summed E-state index contributed by atoms with van der Waals surface area (Å²) in [5.41, 5.74) is 2.03. The van der Waals surface area contributed by atoms with Gasteiger partial charge in [0.1, 0.15) is 5.82 Å². The van der Waals surface area contributed by atoms with Gasteiger partial charge in [0, 0.05) is 24.2 Å². The van der Waals surface area contributed by atoms with Crippen LogP contribution < -0.4 is 0 Å². The number of fused-ring (bicyclic) bond motifs is 6. The number of aromatic nitrogens is 2. The van der Waals surface area contributed by atoms with Crippen LogP contribution in [0.2, 0.25) is 0 Å². The number of nitrogens with zero attached hydrogens (tertiary/aromatic N) is 2. The van der Waals surface area contributed by atoms with Crippen molar-refractivity contribution in [3.8, 4) is 5.69 Å². The first-order valence-electron chi connectivity index (χ1n) is 15.3. The maximum Gasteiger partial charge on any atom is 0.306 e. The quantitative estimate of drug-likeness (QED) is 0.322. The Morgan fingerprint density at radius 3 is 2.69 bits per heavy atom. The molecule has 1 heterocycles. The second-order valence-corrected chi connectivity index (χ2v) is 14.2. The molecule has 3 saturated carbocycles. The Bertz CT molecular complexity index is 1410. The fraction of sp³-hybridized carbons (Fsp3) is 0.606. The van der Waals surface area contributed by atoms with Crippen molar-refractivity contribution in [2.24, 2.45) is 28.6 Å². The van der Waals surface area contributed by atoms with Gasteiger partial charge < -0.3 is 14.9 Å². The van der Waals surface area contributed by atoms with Crippen molar-refractivity contribution in [1.29, 1.82) is 0 Å². The van der Waals surface area contributed by atoms with Crippen LogP contribution in [0.5, 0.6) is 0 Å². The first kappa shape index (κ1) is 29.6. The normalized spacial score (nSPS) is 35.0. The molecule has 7 atom stereocenters. The van der Waals surface area contributed by atoms with E-state index >= 15 is 0 Å². The summed E-state index contributed by atoms with van der Waals surface area (Å²) in [4.78, 5) is 26.6. The van der Waals surface area contributed by atoms with Gasteiger partial charge in [-0.05, 0) is 104 Å². The van der Waals surface area contributed by atoms with Gasteiger partial charge in [-0.15, -0.1) is 0 Å². The molecule has 0 spiro atoms. The van der Waals surface area contributed by atoms with Crippen LogP contribution >= 0.6 is 11.8 Å². The molecule has 0 saturated heterocycles. The van der Waals surface area contributed by atoms with Gasteiger partial charge >= 0.3 is 5.97 Å². The largest absolute Gasteiger partial charge is 0.449 e. The summed E-state index contributed by atoms with van der Waals surface area (Å²) < 4.78 is 21.6. The molecular formula is C33H41FN2O5S. The van der Waals surface area contributed by atoms with Crippen molar-refractivity contribution in [2.45, 2.75) is 83.8 Å². The lowest BCUT2D eigenvalue weighted by Crippen LogP contribution is -2.62. The molecule has 4 aliphatic rings. The van der Waals surface area contributed by atoms with E-state index in [-0.39, 0.29) is 53.1 Å². The fourth-order valence-corrected chi connectivity index (χ4v) is 10.2. The van der Waals surface area contributed by atoms with Crippen molar-refractivity contribution >= 4 is 28.9 Å². The van der Waals surface area contributed by atoms with Crippen LogP contribution in [0.25, 0.3) is 11.8 Å². The van der Waals surface area contributed by atoms with Crippen molar-refractivity contribution in [1.82, 2.24) is 9.78 Å². The zero-order valence-corrected chi connectivity index (χ0v) is 25.5. The van der Waals surface area contributed by atoms with Gasteiger partial charge in [0.25, 0.3) is 0 Å². The van der Waals surface area contributed by atoms with Crippen LogP contribution in [0, 0.1) is 34.4 Å². The molecule has 1 unspecified atom stereocenters. The van der Waals surface area contributed by atoms with Gasteiger partial charge in [0.15, 0.2) is 5.60 Å². The molecule has 9 heteroatoms. The first-order valence-corrected chi connectivity index (χ1v) is 16.3. The average molecular weight is 597 g/mol. The van der Waals surface area contributed by atoms with E-state index in [9.17, 15) is 24.2 Å². The summed E-state index contributed by atoms with van der Waals surface area (Å²) in [5, 5.41) is 25.8. The third kappa shape index (κ3) is 4.41. The minimum atomic E-state index is -1.27. The Morgan fingerprint density at radius 2 is 1.98 bits per heavy atom.